The van der Waals surface area contributed by atoms with E-state index < -0.39 is 21.4 Å². The van der Waals surface area contributed by atoms with Crippen LogP contribution in [0.5, 0.6) is 23.0 Å². The molecule has 1 radical (unpaired) electrons. The predicted octanol–water partition coefficient (Wildman–Crippen LogP) is 9.48. The first-order valence-electron chi connectivity index (χ1n) is 16.1. The van der Waals surface area contributed by atoms with Crippen LogP contribution in [0.15, 0.2) is 97.1 Å². The molecule has 0 aromatic heterocycles. The minimum atomic E-state index is -0.978. The monoisotopic (exact) mass is 955 g/mol. The van der Waals surface area contributed by atoms with Gasteiger partial charge in [0.15, 0.2) is 0 Å². The molecule has 4 rings (SSSR count). The van der Waals surface area contributed by atoms with E-state index in [0.717, 1.165) is 29.2 Å². The van der Waals surface area contributed by atoms with Crippen LogP contribution >= 0.6 is 34.2 Å². The van der Waals surface area contributed by atoms with E-state index in [2.05, 4.69) is 60.3 Å². The van der Waals surface area contributed by atoms with Crippen molar-refractivity contribution in [1.29, 1.82) is 0 Å². The molecule has 0 spiro atoms. The third-order valence-electron chi connectivity index (χ3n) is 6.19. The molecule has 0 aliphatic rings. The molecule has 17 heteroatoms. The molecular weight excluding hydrogens is 912 g/mol. The molecule has 4 aromatic carbocycles. The van der Waals surface area contributed by atoms with Gasteiger partial charge < -0.3 is 30.0 Å². The van der Waals surface area contributed by atoms with Crippen LogP contribution in [0, 0.1) is 32.1 Å². The van der Waals surface area contributed by atoms with Crippen molar-refractivity contribution >= 4 is 57.1 Å². The maximum Gasteiger partial charge on any atom is 0.412 e. The Morgan fingerprint density at radius 1 is 0.667 bits per heavy atom. The van der Waals surface area contributed by atoms with Gasteiger partial charge in [-0.05, 0) is 76.4 Å². The summed E-state index contributed by atoms with van der Waals surface area (Å²) >= 11 is 7.07. The van der Waals surface area contributed by atoms with E-state index in [1.165, 1.54) is 48.5 Å². The smallest absolute Gasteiger partial charge is 0.412 e. The van der Waals surface area contributed by atoms with Crippen molar-refractivity contribution in [2.75, 3.05) is 18.1 Å². The first-order chi connectivity index (χ1) is 25.2. The third-order valence-corrected chi connectivity index (χ3v) is 6.27. The van der Waals surface area contributed by atoms with E-state index in [1.807, 2.05) is 53.5 Å². The molecule has 4 aromatic rings. The molecule has 0 saturated carbocycles. The molecule has 1 amide bonds. The molecule has 14 nitrogen and oxygen atoms in total. The fourth-order valence-electron chi connectivity index (χ4n) is 3.63. The van der Waals surface area contributed by atoms with Gasteiger partial charge in [0.25, 0.3) is 11.4 Å². The van der Waals surface area contributed by atoms with E-state index >= 15 is 0 Å². The van der Waals surface area contributed by atoms with E-state index in [4.69, 9.17) is 31.5 Å². The molecule has 3 N–H and O–H groups in total. The maximum atomic E-state index is 11.8. The van der Waals surface area contributed by atoms with Gasteiger partial charge in [0.2, 0.25) is 0 Å². The number of rotatable bonds is 13. The topological polar surface area (TPSA) is 195 Å². The minimum Gasteiger partial charge on any atom is -0.493 e. The molecular formula is C37H44ClIN4O10Y. The van der Waals surface area contributed by atoms with Crippen molar-refractivity contribution in [3.63, 3.8) is 0 Å². The number of nitrogens with one attached hydrogen (secondary N) is 1. The molecule has 289 valence electrons. The predicted molar refractivity (Wildman–Crippen MR) is 212 cm³/mol. The average Bonchev–Trinajstić information content (AvgIpc) is 3.14. The van der Waals surface area contributed by atoms with Crippen molar-refractivity contribution in [3.8, 4) is 23.0 Å². The van der Waals surface area contributed by atoms with E-state index in [-0.39, 0.29) is 55.6 Å². The van der Waals surface area contributed by atoms with Gasteiger partial charge in [0.05, 0.1) is 23.1 Å². The Morgan fingerprint density at radius 3 is 1.35 bits per heavy atom. The van der Waals surface area contributed by atoms with Crippen LogP contribution in [0.4, 0.5) is 21.0 Å². The molecule has 0 aliphatic heterocycles. The van der Waals surface area contributed by atoms with Gasteiger partial charge >= 0.3 is 11.5 Å². The Hall–Kier alpha value is -3.90. The first kappa shape index (κ1) is 50.1. The fourth-order valence-corrected chi connectivity index (χ4v) is 3.72. The number of hydrogen-bond donors (Lipinski definition) is 2. The Kier molecular flexibility index (Phi) is 26.5. The standard InChI is InChI=1S/C18H20N2O5.C11H17NO.C7H4ClNO4.CH3I.Y/c1-13(2)12-24-16-7-3-14(4-8-16)11-19-18(21)25-17-9-5-15(6-10-17)20(22)23;1-9(2)8-13-11-5-3-10(7-12)4-6-11;8-7(10)13-6-3-1-5(2-4-6)9(11)12;1-2;/h3-10,13H,11-12H2,1-2H3,(H,19,21);3-6,9H,7-8,12H2,1-2H3;1-4H;1H3;. The third kappa shape index (κ3) is 22.4. The summed E-state index contributed by atoms with van der Waals surface area (Å²) in [6, 6.07) is 25.7. The molecule has 0 saturated heterocycles. The van der Waals surface area contributed by atoms with Crippen molar-refractivity contribution in [1.82, 2.24) is 5.32 Å². The second-order valence-corrected chi connectivity index (χ2v) is 11.8. The summed E-state index contributed by atoms with van der Waals surface area (Å²) in [6.07, 6.45) is -0.631. The van der Waals surface area contributed by atoms with Gasteiger partial charge in [-0.2, -0.15) is 0 Å². The van der Waals surface area contributed by atoms with Gasteiger partial charge in [-0.1, -0.05) is 74.6 Å². The van der Waals surface area contributed by atoms with Gasteiger partial charge in [0, 0.05) is 81.7 Å². The van der Waals surface area contributed by atoms with Crippen molar-refractivity contribution in [3.05, 3.63) is 128 Å². The Bertz CT molecular complexity index is 1680. The van der Waals surface area contributed by atoms with Crippen molar-refractivity contribution < 1.29 is 71.1 Å². The molecule has 0 aliphatic carbocycles. The maximum absolute atomic E-state index is 11.8. The number of nitro groups is 2. The zero-order valence-corrected chi connectivity index (χ0v) is 36.4. The summed E-state index contributed by atoms with van der Waals surface area (Å²) in [5.41, 5.74) is 6.40. The summed E-state index contributed by atoms with van der Waals surface area (Å²) in [5, 5.41) is 23.4. The number of nitrogens with two attached hydrogens (primary N) is 1. The van der Waals surface area contributed by atoms with Crippen LogP contribution in [0.3, 0.4) is 0 Å². The molecule has 0 bridgehead atoms. The Balaban J connectivity index is 0.000000821. The summed E-state index contributed by atoms with van der Waals surface area (Å²) in [7, 11) is 0. The zero-order valence-electron chi connectivity index (χ0n) is 30.6. The van der Waals surface area contributed by atoms with Gasteiger partial charge in [0.1, 0.15) is 23.0 Å². The first-order valence-corrected chi connectivity index (χ1v) is 18.6. The summed E-state index contributed by atoms with van der Waals surface area (Å²) < 4.78 is 20.6. The minimum absolute atomic E-state index is 0. The zero-order chi connectivity index (χ0) is 39.8. The summed E-state index contributed by atoms with van der Waals surface area (Å²) in [6.45, 7) is 10.7. The van der Waals surface area contributed by atoms with Crippen molar-refractivity contribution in [2.45, 2.75) is 40.8 Å². The number of carbonyl (C=O) groups is 2. The number of amides is 1. The van der Waals surface area contributed by atoms with Crippen LogP contribution < -0.4 is 30.0 Å². The average molecular weight is 956 g/mol. The number of nitrogens with zero attached hydrogens (tertiary/aromatic N) is 2. The molecule has 54 heavy (non-hydrogen) atoms. The number of alkyl halides is 1. The SMILES string of the molecule is CC(C)COc1ccc(CN)cc1.CC(C)COc1ccc(CNC(=O)Oc2ccc([N+](=O)[O-])cc2)cc1.CI.O=C(Cl)Oc1ccc([N+](=O)[O-])cc1.[Y]. The van der Waals surface area contributed by atoms with Gasteiger partial charge in [-0.25, -0.2) is 9.59 Å². The molecule has 0 heterocycles. The number of hydrogen-bond acceptors (Lipinski definition) is 11. The summed E-state index contributed by atoms with van der Waals surface area (Å²) in [4.78, 5) is 43.7. The number of halogens is 2. The normalized spacial score (nSPS) is 9.67. The number of carbonyl (C=O) groups excluding carboxylic acids is 2. The quantitative estimate of drug-likeness (QED) is 0.0426. The molecule has 0 fully saturated rings. The fraction of sp³-hybridized carbons (Fsp3) is 0.297. The number of nitro benzene ring substituents is 2. The van der Waals surface area contributed by atoms with Crippen LogP contribution in [-0.4, -0.2) is 39.5 Å². The van der Waals surface area contributed by atoms with Crippen LogP contribution in [0.25, 0.3) is 0 Å². The van der Waals surface area contributed by atoms with E-state index in [0.29, 0.717) is 31.5 Å². The van der Waals surface area contributed by atoms with Crippen LogP contribution in [-0.2, 0) is 45.8 Å². The number of non-ortho nitro benzene ring substituents is 2. The number of benzene rings is 4. The van der Waals surface area contributed by atoms with Gasteiger partial charge in [-0.3, -0.25) is 20.2 Å². The second-order valence-electron chi connectivity index (χ2n) is 11.5. The largest absolute Gasteiger partial charge is 0.493 e. The molecule has 0 unspecified atom stereocenters. The summed E-state index contributed by atoms with van der Waals surface area (Å²) in [5.74, 6) is 3.13. The number of ether oxygens (including phenoxy) is 4. The Labute approximate surface area is 358 Å². The van der Waals surface area contributed by atoms with Crippen LogP contribution in [0.2, 0.25) is 0 Å². The van der Waals surface area contributed by atoms with Gasteiger partial charge in [-0.15, -0.1) is 0 Å². The van der Waals surface area contributed by atoms with Crippen LogP contribution in [0.1, 0.15) is 38.8 Å². The Morgan fingerprint density at radius 2 is 1.02 bits per heavy atom. The second kappa shape index (κ2) is 28.5. The molecule has 0 atom stereocenters. The van der Waals surface area contributed by atoms with Crippen molar-refractivity contribution in [2.24, 2.45) is 17.6 Å². The van der Waals surface area contributed by atoms with E-state index in [1.54, 1.807) is 0 Å². The van der Waals surface area contributed by atoms with E-state index in [9.17, 15) is 29.8 Å².